The number of hydrogen-bond acceptors (Lipinski definition) is 3. The van der Waals surface area contributed by atoms with Gasteiger partial charge in [-0.3, -0.25) is 0 Å². The van der Waals surface area contributed by atoms with Gasteiger partial charge in [0.25, 0.3) is 0 Å². The predicted octanol–water partition coefficient (Wildman–Crippen LogP) is 4.72. The second-order valence-corrected chi connectivity index (χ2v) is 5.73. The molecule has 110 valence electrons. The molecule has 7 heteroatoms. The van der Waals surface area contributed by atoms with E-state index in [-0.39, 0.29) is 19.0 Å². The zero-order chi connectivity index (χ0) is 15.0. The van der Waals surface area contributed by atoms with Gasteiger partial charge in [0.15, 0.2) is 11.5 Å². The van der Waals surface area contributed by atoms with Gasteiger partial charge in [-0.1, -0.05) is 27.5 Å². The molecule has 0 unspecified atom stereocenters. The summed E-state index contributed by atoms with van der Waals surface area (Å²) in [5.41, 5.74) is 0.540. The average Bonchev–Trinajstić information content (AvgIpc) is 2.86. The maximum Gasteiger partial charge on any atom is 0.231 e. The van der Waals surface area contributed by atoms with Crippen molar-refractivity contribution >= 4 is 33.2 Å². The van der Waals surface area contributed by atoms with Crippen LogP contribution in [0.5, 0.6) is 11.5 Å². The van der Waals surface area contributed by atoms with Crippen LogP contribution in [0.2, 0.25) is 5.02 Å². The second kappa shape index (κ2) is 5.69. The first kappa shape index (κ1) is 14.4. The van der Waals surface area contributed by atoms with Gasteiger partial charge in [-0.25, -0.2) is 8.78 Å². The molecule has 2 aromatic rings. The van der Waals surface area contributed by atoms with Crippen molar-refractivity contribution in [2.45, 2.75) is 6.54 Å². The monoisotopic (exact) mass is 375 g/mol. The van der Waals surface area contributed by atoms with Crippen LogP contribution in [-0.4, -0.2) is 6.79 Å². The van der Waals surface area contributed by atoms with Crippen molar-refractivity contribution in [2.24, 2.45) is 0 Å². The molecule has 3 rings (SSSR count). The van der Waals surface area contributed by atoms with E-state index in [4.69, 9.17) is 21.1 Å². The third kappa shape index (κ3) is 2.91. The van der Waals surface area contributed by atoms with Crippen LogP contribution in [0.1, 0.15) is 5.56 Å². The fourth-order valence-corrected chi connectivity index (χ4v) is 2.71. The first-order valence-electron chi connectivity index (χ1n) is 6.01. The average molecular weight is 377 g/mol. The molecule has 0 fully saturated rings. The van der Waals surface area contributed by atoms with Crippen molar-refractivity contribution in [3.05, 3.63) is 51.0 Å². The van der Waals surface area contributed by atoms with Gasteiger partial charge in [0.05, 0.1) is 5.02 Å². The third-order valence-corrected chi connectivity index (χ3v) is 3.70. The summed E-state index contributed by atoms with van der Waals surface area (Å²) in [4.78, 5) is 0. The van der Waals surface area contributed by atoms with Gasteiger partial charge in [-0.05, 0) is 29.8 Å². The number of fused-ring (bicyclic) bond motifs is 1. The smallest absolute Gasteiger partial charge is 0.231 e. The minimum Gasteiger partial charge on any atom is -0.454 e. The van der Waals surface area contributed by atoms with Crippen LogP contribution >= 0.6 is 27.5 Å². The Morgan fingerprint density at radius 3 is 2.57 bits per heavy atom. The Labute approximate surface area is 132 Å². The van der Waals surface area contributed by atoms with Crippen molar-refractivity contribution in [3.63, 3.8) is 0 Å². The molecule has 21 heavy (non-hydrogen) atoms. The minimum atomic E-state index is -0.672. The highest BCUT2D eigenvalue weighted by Gasteiger charge is 2.18. The summed E-state index contributed by atoms with van der Waals surface area (Å²) < 4.78 is 38.2. The molecule has 0 atom stereocenters. The molecular weight excluding hydrogens is 368 g/mol. The molecule has 0 saturated heterocycles. The highest BCUT2D eigenvalue weighted by Crippen LogP contribution is 2.40. The number of nitrogens with one attached hydrogen (secondary N) is 1. The van der Waals surface area contributed by atoms with Gasteiger partial charge < -0.3 is 14.8 Å². The Bertz CT molecular complexity index is 689. The number of rotatable bonds is 3. The Kier molecular flexibility index (Phi) is 3.91. The Morgan fingerprint density at radius 2 is 1.86 bits per heavy atom. The van der Waals surface area contributed by atoms with E-state index >= 15 is 0 Å². The zero-order valence-electron chi connectivity index (χ0n) is 10.6. The first-order valence-corrected chi connectivity index (χ1v) is 7.18. The summed E-state index contributed by atoms with van der Waals surface area (Å²) in [6.45, 7) is 0.313. The Morgan fingerprint density at radius 1 is 1.14 bits per heavy atom. The van der Waals surface area contributed by atoms with E-state index in [1.54, 1.807) is 12.1 Å². The van der Waals surface area contributed by atoms with E-state index in [0.29, 0.717) is 21.0 Å². The molecule has 0 aromatic heterocycles. The third-order valence-electron chi connectivity index (χ3n) is 2.96. The molecule has 0 saturated carbocycles. The van der Waals surface area contributed by atoms with Crippen molar-refractivity contribution in [2.75, 3.05) is 12.1 Å². The molecule has 0 amide bonds. The lowest BCUT2D eigenvalue weighted by Gasteiger charge is -2.10. The summed E-state index contributed by atoms with van der Waals surface area (Å²) in [7, 11) is 0. The van der Waals surface area contributed by atoms with Crippen molar-refractivity contribution in [1.29, 1.82) is 0 Å². The molecule has 1 aliphatic heterocycles. The molecule has 0 radical (unpaired) electrons. The predicted molar refractivity (Wildman–Crippen MR) is 79.0 cm³/mol. The summed E-state index contributed by atoms with van der Waals surface area (Å²) in [6, 6.07) is 5.77. The molecule has 3 nitrogen and oxygen atoms in total. The molecule has 0 aliphatic carbocycles. The van der Waals surface area contributed by atoms with Crippen molar-refractivity contribution in [1.82, 2.24) is 0 Å². The summed E-state index contributed by atoms with van der Waals surface area (Å²) in [6.07, 6.45) is 0. The maximum absolute atomic E-state index is 13.7. The molecule has 1 heterocycles. The van der Waals surface area contributed by atoms with Crippen LogP contribution in [0.25, 0.3) is 0 Å². The van der Waals surface area contributed by atoms with E-state index < -0.39 is 11.6 Å². The fraction of sp³-hybridized carbons (Fsp3) is 0.143. The zero-order valence-corrected chi connectivity index (χ0v) is 12.9. The fourth-order valence-electron chi connectivity index (χ4n) is 2.02. The number of hydrogen-bond donors (Lipinski definition) is 1. The minimum absolute atomic E-state index is 0.113. The highest BCUT2D eigenvalue weighted by molar-refractivity contribution is 9.10. The molecule has 1 N–H and O–H groups in total. The van der Waals surface area contributed by atoms with E-state index in [9.17, 15) is 8.78 Å². The molecular formula is C14H9BrClF2NO2. The lowest BCUT2D eigenvalue weighted by molar-refractivity contribution is 0.174. The number of halogens is 4. The summed E-state index contributed by atoms with van der Waals surface area (Å²) >= 11 is 9.08. The SMILES string of the molecule is Fc1cc(Br)cc(F)c1NCc1cc(Cl)c2c(c1)OCO2. The van der Waals surface area contributed by atoms with E-state index in [2.05, 4.69) is 21.2 Å². The van der Waals surface area contributed by atoms with Crippen LogP contribution in [-0.2, 0) is 6.54 Å². The normalized spacial score (nSPS) is 12.6. The topological polar surface area (TPSA) is 30.5 Å². The van der Waals surface area contributed by atoms with E-state index in [1.807, 2.05) is 0 Å². The molecule has 1 aliphatic rings. The molecule has 2 aromatic carbocycles. The lowest BCUT2D eigenvalue weighted by atomic mass is 10.2. The molecule has 0 bridgehead atoms. The highest BCUT2D eigenvalue weighted by atomic mass is 79.9. The van der Waals surface area contributed by atoms with Gasteiger partial charge >= 0.3 is 0 Å². The van der Waals surface area contributed by atoms with Crippen molar-refractivity contribution < 1.29 is 18.3 Å². The van der Waals surface area contributed by atoms with E-state index in [0.717, 1.165) is 5.56 Å². The molecule has 0 spiro atoms. The Hall–Kier alpha value is -1.53. The quantitative estimate of drug-likeness (QED) is 0.841. The van der Waals surface area contributed by atoms with Crippen molar-refractivity contribution in [3.8, 4) is 11.5 Å². The van der Waals surface area contributed by atoms with Gasteiger partial charge in [0, 0.05) is 11.0 Å². The largest absolute Gasteiger partial charge is 0.454 e. The van der Waals surface area contributed by atoms with E-state index in [1.165, 1.54) is 12.1 Å². The maximum atomic E-state index is 13.7. The summed E-state index contributed by atoms with van der Waals surface area (Å²) in [5.74, 6) is -0.333. The number of ether oxygens (including phenoxy) is 2. The lowest BCUT2D eigenvalue weighted by Crippen LogP contribution is -2.04. The second-order valence-electron chi connectivity index (χ2n) is 4.41. The van der Waals surface area contributed by atoms with Gasteiger partial charge in [-0.15, -0.1) is 0 Å². The van der Waals surface area contributed by atoms with Crippen LogP contribution in [0, 0.1) is 11.6 Å². The van der Waals surface area contributed by atoms with Crippen LogP contribution < -0.4 is 14.8 Å². The Balaban J connectivity index is 1.81. The number of benzene rings is 2. The standard InChI is InChI=1S/C14H9BrClF2NO2/c15-8-3-10(17)13(11(18)4-8)19-5-7-1-9(16)14-12(2-7)20-6-21-14/h1-4,19H,5-6H2. The van der Waals surface area contributed by atoms with Crippen LogP contribution in [0.3, 0.4) is 0 Å². The van der Waals surface area contributed by atoms with Crippen LogP contribution in [0.15, 0.2) is 28.7 Å². The van der Waals surface area contributed by atoms with Gasteiger partial charge in [0.1, 0.15) is 17.3 Å². The first-order chi connectivity index (χ1) is 10.0. The van der Waals surface area contributed by atoms with Crippen LogP contribution in [0.4, 0.5) is 14.5 Å². The summed E-state index contributed by atoms with van der Waals surface area (Å²) in [5, 5.41) is 3.12. The van der Waals surface area contributed by atoms with Gasteiger partial charge in [-0.2, -0.15) is 0 Å². The number of anilines is 1. The van der Waals surface area contributed by atoms with Gasteiger partial charge in [0.2, 0.25) is 6.79 Å².